The van der Waals surface area contributed by atoms with Crippen molar-refractivity contribution in [2.24, 2.45) is 0 Å². The Balaban J connectivity index is 1.19. The Kier molecular flexibility index (Phi) is 6.81. The first-order valence-corrected chi connectivity index (χ1v) is 13.5. The summed E-state index contributed by atoms with van der Waals surface area (Å²) in [4.78, 5) is 5.19. The van der Waals surface area contributed by atoms with Crippen LogP contribution in [0.4, 0.5) is 0 Å². The largest absolute Gasteiger partial charge is 0.454 e. The second kappa shape index (κ2) is 9.80. The molecule has 9 heteroatoms. The highest BCUT2D eigenvalue weighted by molar-refractivity contribution is 7.89. The monoisotopic (exact) mass is 491 g/mol. The maximum atomic E-state index is 13.0. The second-order valence-corrected chi connectivity index (χ2v) is 11.2. The number of ether oxygens (including phenoxy) is 2. The molecular formula is C24H30ClN3O4S. The number of hydrogen-bond donors (Lipinski definition) is 1. The van der Waals surface area contributed by atoms with Crippen molar-refractivity contribution in [2.45, 2.75) is 49.2 Å². The Bertz CT molecular complexity index is 1070. The van der Waals surface area contributed by atoms with Crippen LogP contribution in [0.15, 0.2) is 47.4 Å². The number of sulfonamides is 1. The molecule has 7 nitrogen and oxygen atoms in total. The van der Waals surface area contributed by atoms with Gasteiger partial charge in [-0.2, -0.15) is 0 Å². The van der Waals surface area contributed by atoms with Gasteiger partial charge in [0.2, 0.25) is 16.8 Å². The molecule has 2 aliphatic heterocycles. The number of halogens is 1. The lowest BCUT2D eigenvalue weighted by Gasteiger charge is -2.44. The van der Waals surface area contributed by atoms with Crippen molar-refractivity contribution in [3.05, 3.63) is 53.1 Å². The predicted molar refractivity (Wildman–Crippen MR) is 127 cm³/mol. The third-order valence-electron chi connectivity index (χ3n) is 6.88. The molecule has 178 valence electrons. The number of nitrogens with zero attached hydrogens (tertiary/aromatic N) is 2. The Morgan fingerprint density at radius 3 is 2.45 bits per heavy atom. The Labute approximate surface area is 200 Å². The molecule has 0 unspecified atom stereocenters. The van der Waals surface area contributed by atoms with Crippen LogP contribution >= 0.6 is 11.6 Å². The number of rotatable bonds is 6. The van der Waals surface area contributed by atoms with Gasteiger partial charge in [-0.05, 0) is 54.8 Å². The molecule has 3 aliphatic rings. The summed E-state index contributed by atoms with van der Waals surface area (Å²) in [5.74, 6) is 1.64. The van der Waals surface area contributed by atoms with Gasteiger partial charge in [-0.15, -0.1) is 0 Å². The number of fused-ring (bicyclic) bond motifs is 1. The molecule has 1 N–H and O–H groups in total. The maximum Gasteiger partial charge on any atom is 0.240 e. The maximum absolute atomic E-state index is 13.0. The first-order chi connectivity index (χ1) is 16.0. The molecule has 1 saturated heterocycles. The summed E-state index contributed by atoms with van der Waals surface area (Å²) in [5.41, 5.74) is 1.22. The predicted octanol–water partition coefficient (Wildman–Crippen LogP) is 3.48. The number of hydrogen-bond acceptors (Lipinski definition) is 6. The molecule has 1 aliphatic carbocycles. The molecule has 2 aromatic rings. The van der Waals surface area contributed by atoms with Crippen molar-refractivity contribution in [1.29, 1.82) is 0 Å². The first-order valence-electron chi connectivity index (χ1n) is 11.6. The van der Waals surface area contributed by atoms with E-state index in [0.29, 0.717) is 11.8 Å². The summed E-state index contributed by atoms with van der Waals surface area (Å²) >= 11 is 5.93. The summed E-state index contributed by atoms with van der Waals surface area (Å²) in [5, 5.41) is 0.531. The Hall–Kier alpha value is -1.84. The normalized spacial score (nSPS) is 24.2. The van der Waals surface area contributed by atoms with Crippen molar-refractivity contribution >= 4 is 21.6 Å². The minimum Gasteiger partial charge on any atom is -0.454 e. The van der Waals surface area contributed by atoms with Gasteiger partial charge in [0.25, 0.3) is 0 Å². The zero-order chi connectivity index (χ0) is 22.8. The fraction of sp³-hybridized carbons (Fsp3) is 0.500. The fourth-order valence-electron chi connectivity index (χ4n) is 5.12. The topological polar surface area (TPSA) is 71.1 Å². The average Bonchev–Trinajstić information content (AvgIpc) is 3.28. The summed E-state index contributed by atoms with van der Waals surface area (Å²) in [6.07, 6.45) is 4.08. The van der Waals surface area contributed by atoms with Crippen molar-refractivity contribution < 1.29 is 17.9 Å². The van der Waals surface area contributed by atoms with Gasteiger partial charge in [-0.3, -0.25) is 9.80 Å². The van der Waals surface area contributed by atoms with Crippen LogP contribution in [0.1, 0.15) is 31.2 Å². The first kappa shape index (κ1) is 22.9. The zero-order valence-electron chi connectivity index (χ0n) is 18.6. The third kappa shape index (κ3) is 5.30. The van der Waals surface area contributed by atoms with Crippen molar-refractivity contribution in [1.82, 2.24) is 14.5 Å². The molecule has 5 rings (SSSR count). The minimum atomic E-state index is -3.57. The smallest absolute Gasteiger partial charge is 0.240 e. The van der Waals surface area contributed by atoms with E-state index in [1.807, 2.05) is 6.07 Å². The molecule has 0 bridgehead atoms. The van der Waals surface area contributed by atoms with E-state index in [9.17, 15) is 8.42 Å². The van der Waals surface area contributed by atoms with Crippen LogP contribution in [0.3, 0.4) is 0 Å². The minimum absolute atomic E-state index is 0.0696. The second-order valence-electron chi connectivity index (χ2n) is 9.03. The SMILES string of the molecule is O=S(=O)(N[C@@H]1CCCC[C@H]1N1CCN(Cc2ccc3c(c2)OCO3)CC1)c1ccc(Cl)cc1. The summed E-state index contributed by atoms with van der Waals surface area (Å²) in [7, 11) is -3.57. The van der Waals surface area contributed by atoms with Gasteiger partial charge in [0.1, 0.15) is 0 Å². The summed E-state index contributed by atoms with van der Waals surface area (Å²) in [6.45, 7) is 4.97. The number of piperazine rings is 1. The highest BCUT2D eigenvalue weighted by Crippen LogP contribution is 2.33. The van der Waals surface area contributed by atoms with Crippen LogP contribution < -0.4 is 14.2 Å². The molecule has 0 aromatic heterocycles. The number of nitrogens with one attached hydrogen (secondary N) is 1. The van der Waals surface area contributed by atoms with Gasteiger partial charge in [0.15, 0.2) is 11.5 Å². The Morgan fingerprint density at radius 2 is 1.67 bits per heavy atom. The quantitative estimate of drug-likeness (QED) is 0.667. The van der Waals surface area contributed by atoms with E-state index in [-0.39, 0.29) is 17.0 Å². The van der Waals surface area contributed by atoms with Crippen molar-refractivity contribution in [3.8, 4) is 11.5 Å². The van der Waals surface area contributed by atoms with Crippen LogP contribution in [0.25, 0.3) is 0 Å². The van der Waals surface area contributed by atoms with E-state index in [1.165, 1.54) is 5.56 Å². The van der Waals surface area contributed by atoms with Crippen LogP contribution in [-0.2, 0) is 16.6 Å². The fourth-order valence-corrected chi connectivity index (χ4v) is 6.55. The zero-order valence-corrected chi connectivity index (χ0v) is 20.2. The average molecular weight is 492 g/mol. The molecule has 2 fully saturated rings. The number of benzene rings is 2. The lowest BCUT2D eigenvalue weighted by Crippen LogP contribution is -2.58. The highest BCUT2D eigenvalue weighted by Gasteiger charge is 2.34. The van der Waals surface area contributed by atoms with Crippen LogP contribution in [0, 0.1) is 0 Å². The molecule has 0 radical (unpaired) electrons. The van der Waals surface area contributed by atoms with Gasteiger partial charge in [-0.25, -0.2) is 13.1 Å². The van der Waals surface area contributed by atoms with Crippen LogP contribution in [0.2, 0.25) is 5.02 Å². The molecule has 2 aromatic carbocycles. The molecule has 2 heterocycles. The van der Waals surface area contributed by atoms with Gasteiger partial charge in [-0.1, -0.05) is 30.5 Å². The van der Waals surface area contributed by atoms with Gasteiger partial charge >= 0.3 is 0 Å². The van der Waals surface area contributed by atoms with Gasteiger partial charge in [0, 0.05) is 49.8 Å². The lowest BCUT2D eigenvalue weighted by molar-refractivity contribution is 0.0631. The van der Waals surface area contributed by atoms with E-state index in [1.54, 1.807) is 24.3 Å². The molecule has 2 atom stereocenters. The summed E-state index contributed by atoms with van der Waals surface area (Å²) in [6, 6.07) is 12.7. The van der Waals surface area contributed by atoms with E-state index >= 15 is 0 Å². The Morgan fingerprint density at radius 1 is 0.939 bits per heavy atom. The molecule has 33 heavy (non-hydrogen) atoms. The van der Waals surface area contributed by atoms with Crippen LogP contribution in [-0.4, -0.2) is 63.3 Å². The standard InChI is InChI=1S/C24H30ClN3O4S/c25-19-6-8-20(9-7-19)33(29,30)26-21-3-1-2-4-22(21)28-13-11-27(12-14-28)16-18-5-10-23-24(15-18)32-17-31-23/h5-10,15,21-22,26H,1-4,11-14,16-17H2/t21-,22-/m1/s1. The molecule has 0 spiro atoms. The lowest BCUT2D eigenvalue weighted by atomic mass is 9.89. The molecular weight excluding hydrogens is 462 g/mol. The van der Waals surface area contributed by atoms with Crippen molar-refractivity contribution in [3.63, 3.8) is 0 Å². The molecule has 1 saturated carbocycles. The van der Waals surface area contributed by atoms with Crippen molar-refractivity contribution in [2.75, 3.05) is 33.0 Å². The highest BCUT2D eigenvalue weighted by atomic mass is 35.5. The molecule has 0 amide bonds. The van der Waals surface area contributed by atoms with E-state index < -0.39 is 10.0 Å². The van der Waals surface area contributed by atoms with E-state index in [4.69, 9.17) is 21.1 Å². The third-order valence-corrected chi connectivity index (χ3v) is 8.64. The van der Waals surface area contributed by atoms with Gasteiger partial charge in [0.05, 0.1) is 4.90 Å². The summed E-state index contributed by atoms with van der Waals surface area (Å²) < 4.78 is 39.9. The van der Waals surface area contributed by atoms with Gasteiger partial charge < -0.3 is 9.47 Å². The van der Waals surface area contributed by atoms with E-state index in [2.05, 4.69) is 26.7 Å². The van der Waals surface area contributed by atoms with Crippen LogP contribution in [0.5, 0.6) is 11.5 Å². The van der Waals surface area contributed by atoms with E-state index in [0.717, 1.165) is 69.9 Å².